The van der Waals surface area contributed by atoms with Crippen LogP contribution in [0.5, 0.6) is 5.75 Å². The van der Waals surface area contributed by atoms with Crippen LogP contribution in [0, 0.1) is 11.3 Å². The summed E-state index contributed by atoms with van der Waals surface area (Å²) in [6, 6.07) is 9.96. The molecule has 1 aromatic carbocycles. The zero-order valence-electron chi connectivity index (χ0n) is 8.90. The Morgan fingerprint density at radius 1 is 1.31 bits per heavy atom. The number of thioether (sulfide) groups is 2. The van der Waals surface area contributed by atoms with Gasteiger partial charge >= 0.3 is 0 Å². The predicted molar refractivity (Wildman–Crippen MR) is 70.4 cm³/mol. The summed E-state index contributed by atoms with van der Waals surface area (Å²) < 4.78 is 6.40. The minimum atomic E-state index is 0.741. The van der Waals surface area contributed by atoms with E-state index >= 15 is 0 Å². The van der Waals surface area contributed by atoms with Crippen LogP contribution in [0.1, 0.15) is 5.56 Å². The Morgan fingerprint density at radius 3 is 2.62 bits per heavy atom. The van der Waals surface area contributed by atoms with Crippen LogP contribution in [0.4, 0.5) is 0 Å². The third-order valence-corrected chi connectivity index (χ3v) is 4.96. The van der Waals surface area contributed by atoms with Crippen molar-refractivity contribution in [1.82, 2.24) is 0 Å². The van der Waals surface area contributed by atoms with Crippen molar-refractivity contribution in [2.75, 3.05) is 18.6 Å². The molecule has 0 aromatic heterocycles. The maximum absolute atomic E-state index is 9.27. The van der Waals surface area contributed by atoms with Crippen molar-refractivity contribution >= 4 is 29.1 Å². The van der Waals surface area contributed by atoms with Gasteiger partial charge < -0.3 is 4.74 Å². The molecule has 0 amide bonds. The van der Waals surface area contributed by atoms with Crippen molar-refractivity contribution in [3.05, 3.63) is 34.1 Å². The number of nitrogens with zero attached hydrogens (tertiary/aromatic N) is 1. The van der Waals surface area contributed by atoms with Crippen LogP contribution in [0.25, 0.3) is 5.57 Å². The highest BCUT2D eigenvalue weighted by Gasteiger charge is 2.17. The lowest BCUT2D eigenvalue weighted by atomic mass is 10.1. The Kier molecular flexibility index (Phi) is 3.81. The zero-order valence-corrected chi connectivity index (χ0v) is 10.5. The second-order valence-corrected chi connectivity index (χ2v) is 5.64. The number of hydrogen-bond donors (Lipinski definition) is 0. The Morgan fingerprint density at radius 2 is 2.00 bits per heavy atom. The topological polar surface area (TPSA) is 33.0 Å². The maximum atomic E-state index is 9.27. The van der Waals surface area contributed by atoms with Crippen LogP contribution in [0.15, 0.2) is 28.5 Å². The first-order valence-electron chi connectivity index (χ1n) is 4.90. The number of rotatable bonds is 2. The molecule has 2 rings (SSSR count). The van der Waals surface area contributed by atoms with Crippen molar-refractivity contribution in [2.24, 2.45) is 0 Å². The average Bonchev–Trinajstić information content (AvgIpc) is 2.84. The molecule has 0 spiro atoms. The van der Waals surface area contributed by atoms with Gasteiger partial charge in [0, 0.05) is 17.1 Å². The standard InChI is InChI=1S/C12H11NOS2/c1-14-11-5-3-2-4-9(11)10(8-13)12-15-6-7-16-12/h2-5H,6-7H2,1H3. The normalized spacial score (nSPS) is 14.6. The molecule has 1 aliphatic rings. The minimum absolute atomic E-state index is 0.741. The highest BCUT2D eigenvalue weighted by atomic mass is 32.2. The van der Waals surface area contributed by atoms with E-state index in [1.807, 2.05) is 24.3 Å². The van der Waals surface area contributed by atoms with Gasteiger partial charge in [-0.3, -0.25) is 0 Å². The van der Waals surface area contributed by atoms with Crippen molar-refractivity contribution in [3.63, 3.8) is 0 Å². The molecule has 0 aliphatic carbocycles. The molecule has 4 heteroatoms. The van der Waals surface area contributed by atoms with E-state index in [2.05, 4.69) is 6.07 Å². The third kappa shape index (κ3) is 2.21. The molecule has 0 N–H and O–H groups in total. The molecular formula is C12H11NOS2. The van der Waals surface area contributed by atoms with Gasteiger partial charge in [-0.25, -0.2) is 0 Å². The summed E-state index contributed by atoms with van der Waals surface area (Å²) in [4.78, 5) is 0. The molecule has 2 nitrogen and oxygen atoms in total. The fourth-order valence-electron chi connectivity index (χ4n) is 1.52. The van der Waals surface area contributed by atoms with E-state index in [-0.39, 0.29) is 0 Å². The van der Waals surface area contributed by atoms with Crippen LogP contribution in [-0.2, 0) is 0 Å². The van der Waals surface area contributed by atoms with Crippen LogP contribution >= 0.6 is 23.5 Å². The Labute approximate surface area is 104 Å². The number of nitriles is 1. The van der Waals surface area contributed by atoms with E-state index in [0.29, 0.717) is 0 Å². The van der Waals surface area contributed by atoms with Gasteiger partial charge in [-0.15, -0.1) is 23.5 Å². The molecular weight excluding hydrogens is 238 g/mol. The highest BCUT2D eigenvalue weighted by molar-refractivity contribution is 8.25. The largest absolute Gasteiger partial charge is 0.496 e. The number of para-hydroxylation sites is 1. The molecule has 0 atom stereocenters. The Balaban J connectivity index is 2.49. The van der Waals surface area contributed by atoms with E-state index < -0.39 is 0 Å². The van der Waals surface area contributed by atoms with E-state index in [9.17, 15) is 5.26 Å². The van der Waals surface area contributed by atoms with Crippen LogP contribution < -0.4 is 4.74 Å². The van der Waals surface area contributed by atoms with Gasteiger partial charge in [0.25, 0.3) is 0 Å². The molecule has 82 valence electrons. The molecule has 16 heavy (non-hydrogen) atoms. The van der Waals surface area contributed by atoms with Crippen LogP contribution in [-0.4, -0.2) is 18.6 Å². The van der Waals surface area contributed by atoms with Crippen molar-refractivity contribution < 1.29 is 4.74 Å². The van der Waals surface area contributed by atoms with Crippen LogP contribution in [0.3, 0.4) is 0 Å². The quantitative estimate of drug-likeness (QED) is 0.752. The lowest BCUT2D eigenvalue weighted by molar-refractivity contribution is 0.413. The first-order chi connectivity index (χ1) is 7.86. The lowest BCUT2D eigenvalue weighted by Crippen LogP contribution is -1.90. The first kappa shape index (κ1) is 11.4. The fourth-order valence-corrected chi connectivity index (χ4v) is 3.99. The second kappa shape index (κ2) is 5.33. The van der Waals surface area contributed by atoms with Crippen LogP contribution in [0.2, 0.25) is 0 Å². The van der Waals surface area contributed by atoms with Gasteiger partial charge in [0.2, 0.25) is 0 Å². The first-order valence-corrected chi connectivity index (χ1v) is 6.87. The fraction of sp³-hybridized carbons (Fsp3) is 0.250. The lowest BCUT2D eigenvalue weighted by Gasteiger charge is -2.08. The summed E-state index contributed by atoms with van der Waals surface area (Å²) in [6.07, 6.45) is 0. The predicted octanol–water partition coefficient (Wildman–Crippen LogP) is 3.37. The Bertz CT molecular complexity index is 454. The smallest absolute Gasteiger partial charge is 0.127 e. The summed E-state index contributed by atoms with van der Waals surface area (Å²) in [7, 11) is 1.63. The number of hydrogen-bond acceptors (Lipinski definition) is 4. The van der Waals surface area contributed by atoms with Gasteiger partial charge in [-0.1, -0.05) is 12.1 Å². The molecule has 1 saturated heterocycles. The number of benzene rings is 1. The van der Waals surface area contributed by atoms with Gasteiger partial charge in [-0.2, -0.15) is 5.26 Å². The second-order valence-electron chi connectivity index (χ2n) is 3.17. The zero-order chi connectivity index (χ0) is 11.4. The summed E-state index contributed by atoms with van der Waals surface area (Å²) >= 11 is 3.51. The molecule has 0 saturated carbocycles. The average molecular weight is 249 g/mol. The van der Waals surface area contributed by atoms with E-state index in [0.717, 1.165) is 32.6 Å². The van der Waals surface area contributed by atoms with Gasteiger partial charge in [-0.05, 0) is 12.1 Å². The summed E-state index contributed by atoms with van der Waals surface area (Å²) in [5.41, 5.74) is 1.63. The summed E-state index contributed by atoms with van der Waals surface area (Å²) in [6.45, 7) is 0. The minimum Gasteiger partial charge on any atom is -0.496 e. The molecule has 1 fully saturated rings. The van der Waals surface area contributed by atoms with Crippen molar-refractivity contribution in [3.8, 4) is 11.8 Å². The van der Waals surface area contributed by atoms with Crippen molar-refractivity contribution in [2.45, 2.75) is 0 Å². The highest BCUT2D eigenvalue weighted by Crippen LogP contribution is 2.43. The van der Waals surface area contributed by atoms with Crippen molar-refractivity contribution in [1.29, 1.82) is 5.26 Å². The van der Waals surface area contributed by atoms with Gasteiger partial charge in [0.15, 0.2) is 0 Å². The van der Waals surface area contributed by atoms with E-state index in [1.165, 1.54) is 0 Å². The summed E-state index contributed by atoms with van der Waals surface area (Å²) in [5.74, 6) is 2.93. The molecule has 1 heterocycles. The van der Waals surface area contributed by atoms with E-state index in [1.54, 1.807) is 30.6 Å². The Hall–Kier alpha value is -1.05. The van der Waals surface area contributed by atoms with Gasteiger partial charge in [0.05, 0.1) is 16.9 Å². The number of allylic oxidation sites excluding steroid dienone is 1. The van der Waals surface area contributed by atoms with E-state index in [4.69, 9.17) is 4.74 Å². The number of ether oxygens (including phenoxy) is 1. The molecule has 0 unspecified atom stereocenters. The monoisotopic (exact) mass is 249 g/mol. The molecule has 1 aromatic rings. The molecule has 0 bridgehead atoms. The SMILES string of the molecule is COc1ccccc1C(C#N)=C1SCCS1. The molecule has 1 aliphatic heterocycles. The van der Waals surface area contributed by atoms with Gasteiger partial charge in [0.1, 0.15) is 11.8 Å². The molecule has 0 radical (unpaired) electrons. The number of methoxy groups -OCH3 is 1. The third-order valence-electron chi connectivity index (χ3n) is 2.24. The maximum Gasteiger partial charge on any atom is 0.127 e. The summed E-state index contributed by atoms with van der Waals surface area (Å²) in [5, 5.41) is 9.27.